The number of anilines is 1. The molecule has 5 aliphatic rings. The number of rotatable bonds is 13. The van der Waals surface area contributed by atoms with E-state index in [0.717, 1.165) is 62.7 Å². The number of nitrogens with zero attached hydrogens (tertiary/aromatic N) is 5. The van der Waals surface area contributed by atoms with Gasteiger partial charge in [-0.3, -0.25) is 24.1 Å². The van der Waals surface area contributed by atoms with Crippen molar-refractivity contribution in [3.63, 3.8) is 0 Å². The van der Waals surface area contributed by atoms with E-state index in [9.17, 15) is 44.1 Å². The fourth-order valence-corrected chi connectivity index (χ4v) is 8.82. The molecule has 2 bridgehead atoms. The number of aromatic hydroxyl groups is 1. The van der Waals surface area contributed by atoms with E-state index in [1.54, 1.807) is 0 Å². The minimum absolute atomic E-state index is 0.0380. The van der Waals surface area contributed by atoms with Crippen molar-refractivity contribution < 1.29 is 48.6 Å². The molecule has 4 fully saturated rings. The van der Waals surface area contributed by atoms with Crippen molar-refractivity contribution in [1.29, 1.82) is 0 Å². The zero-order chi connectivity index (χ0) is 36.9. The first kappa shape index (κ1) is 36.0. The minimum Gasteiger partial charge on any atom is -0.503 e. The molecule has 272 valence electrons. The van der Waals surface area contributed by atoms with Crippen LogP contribution in [0.4, 0.5) is 5.13 Å². The molecule has 0 aromatic carbocycles. The lowest BCUT2D eigenvalue weighted by Crippen LogP contribution is -2.66. The highest BCUT2D eigenvalue weighted by Crippen LogP contribution is 2.48. The molecule has 7 rings (SSSR count). The Bertz CT molecular complexity index is 1910. The molecule has 4 saturated heterocycles. The number of nitrogen functional groups attached to an aromatic ring is 1. The number of hydrogen-bond acceptors (Lipinski definition) is 14. The van der Waals surface area contributed by atoms with Crippen molar-refractivity contribution in [1.82, 2.24) is 24.6 Å². The number of nitrogens with one attached hydrogen (secondary N) is 2. The quantitative estimate of drug-likeness (QED) is 0.0700. The van der Waals surface area contributed by atoms with Crippen LogP contribution in [0.1, 0.15) is 55.8 Å². The Kier molecular flexibility index (Phi) is 9.44. The van der Waals surface area contributed by atoms with Gasteiger partial charge in [-0.15, -0.1) is 11.8 Å². The monoisotopic (exact) mass is 745 g/mol. The van der Waals surface area contributed by atoms with Crippen molar-refractivity contribution in [2.45, 2.75) is 50.5 Å². The third kappa shape index (κ3) is 6.94. The maximum absolute atomic E-state index is 13.5. The van der Waals surface area contributed by atoms with Gasteiger partial charge in [0, 0.05) is 72.8 Å². The van der Waals surface area contributed by atoms with Gasteiger partial charge in [0.15, 0.2) is 22.4 Å². The molecule has 0 aliphatic carbocycles. The van der Waals surface area contributed by atoms with Gasteiger partial charge in [0.1, 0.15) is 17.9 Å². The molecule has 51 heavy (non-hydrogen) atoms. The first-order valence-corrected chi connectivity index (χ1v) is 17.9. The van der Waals surface area contributed by atoms with Crippen LogP contribution in [0.2, 0.25) is 0 Å². The summed E-state index contributed by atoms with van der Waals surface area (Å²) < 4.78 is 4.66. The Balaban J connectivity index is 1.11. The van der Waals surface area contributed by atoms with E-state index in [0.29, 0.717) is 28.9 Å². The summed E-state index contributed by atoms with van der Waals surface area (Å²) >= 11 is 2.18. The number of carboxylic acids is 2. The summed E-state index contributed by atoms with van der Waals surface area (Å²) in [6, 6.07) is 1.05. The molecule has 2 amide bonds. The number of nitrogens with two attached hydrogens (primary N) is 1. The zero-order valence-corrected chi connectivity index (χ0v) is 29.3. The summed E-state index contributed by atoms with van der Waals surface area (Å²) in [5, 5.41) is 35.3. The maximum Gasteiger partial charge on any atom is 0.352 e. The molecular formula is C31H37N8O10S2+. The van der Waals surface area contributed by atoms with Crippen LogP contribution in [-0.4, -0.2) is 124 Å². The van der Waals surface area contributed by atoms with Crippen LogP contribution in [0.15, 0.2) is 33.5 Å². The highest BCUT2D eigenvalue weighted by molar-refractivity contribution is 8.00. The minimum atomic E-state index is -1.78. The number of amides is 2. The van der Waals surface area contributed by atoms with Gasteiger partial charge in [-0.1, -0.05) is 5.16 Å². The number of H-pyrrole nitrogens is 1. The predicted octanol–water partition coefficient (Wildman–Crippen LogP) is 0.358. The number of quaternary nitrogens is 1. The molecule has 2 atom stereocenters. The Morgan fingerprint density at radius 2 is 1.88 bits per heavy atom. The fourth-order valence-electron chi connectivity index (χ4n) is 6.98. The summed E-state index contributed by atoms with van der Waals surface area (Å²) in [6.07, 6.45) is 3.12. The molecule has 0 unspecified atom stereocenters. The molecule has 18 nitrogen and oxygen atoms in total. The van der Waals surface area contributed by atoms with E-state index >= 15 is 0 Å². The van der Waals surface area contributed by atoms with Crippen molar-refractivity contribution in [3.8, 4) is 5.75 Å². The number of oxime groups is 1. The van der Waals surface area contributed by atoms with Crippen LogP contribution in [0.3, 0.4) is 0 Å². The lowest BCUT2D eigenvalue weighted by atomic mass is 9.70. The normalized spacial score (nSPS) is 26.0. The lowest BCUT2D eigenvalue weighted by Gasteiger charge is -2.56. The third-order valence-electron chi connectivity index (χ3n) is 10.2. The van der Waals surface area contributed by atoms with Crippen molar-refractivity contribution in [3.05, 3.63) is 45.3 Å². The number of thioether (sulfide) groups is 1. The van der Waals surface area contributed by atoms with Crippen LogP contribution in [0, 0.1) is 11.3 Å². The predicted molar refractivity (Wildman–Crippen MR) is 182 cm³/mol. The van der Waals surface area contributed by atoms with E-state index in [-0.39, 0.29) is 34.2 Å². The number of Topliss-reactive ketones (excluding diaryl/α,β-unsaturated/α-hetero) is 1. The number of piperidine rings is 3. The highest BCUT2D eigenvalue weighted by atomic mass is 32.2. The third-order valence-corrected chi connectivity index (χ3v) is 12.1. The van der Waals surface area contributed by atoms with Gasteiger partial charge in [-0.05, 0) is 13.8 Å². The van der Waals surface area contributed by atoms with Gasteiger partial charge in [0.05, 0.1) is 30.9 Å². The Hall–Kier alpha value is -4.82. The molecule has 0 saturated carbocycles. The van der Waals surface area contributed by atoms with Gasteiger partial charge in [-0.25, -0.2) is 9.59 Å². The number of aromatic amines is 1. The van der Waals surface area contributed by atoms with Crippen molar-refractivity contribution >= 4 is 63.7 Å². The van der Waals surface area contributed by atoms with Gasteiger partial charge in [0.25, 0.3) is 5.91 Å². The first-order valence-electron chi connectivity index (χ1n) is 16.1. The molecule has 5 aliphatic heterocycles. The average Bonchev–Trinajstić information content (AvgIpc) is 3.53. The van der Waals surface area contributed by atoms with E-state index in [1.165, 1.54) is 30.5 Å². The second kappa shape index (κ2) is 13.4. The standard InChI is InChI=1S/C31H36N8O10S2/c1-30(2,28(47)48)49-36-21(23-35-29(32)51-37-23)19(41)9-16-25(44)38-22(27(45)46)15(13-50-26(16)38)12-39-6-3-31(4-7-39,5-8-39)14-34-24(43)17-10-18(40)20(42)11-33-17/h10-11,16,26H,3-9,12-14H2,1-2H3,(H6-,32,33,34,35,36,37,40,41,42,43,45,46,47,48)/p+1/t16-,26-,31?,39?/m1/s1. The SMILES string of the molecule is CC(C)(O/N=C(\C(=O)C[C@@H]1C(=O)N2C(C(=O)O)=C(C[N+]34CCC(CNC(=O)c5cc(=O)c(O)c[nH]5)(CC3)CC4)CS[C@H]12)c1nsc(N)n1)C(=O)O. The Labute approximate surface area is 298 Å². The van der Waals surface area contributed by atoms with E-state index in [4.69, 9.17) is 10.6 Å². The van der Waals surface area contributed by atoms with E-state index in [1.807, 2.05) is 0 Å². The lowest BCUT2D eigenvalue weighted by molar-refractivity contribution is -0.941. The highest BCUT2D eigenvalue weighted by Gasteiger charge is 2.56. The number of fused-ring (bicyclic) bond motifs is 4. The van der Waals surface area contributed by atoms with Crippen molar-refractivity contribution in [2.24, 2.45) is 16.5 Å². The first-order chi connectivity index (χ1) is 24.0. The van der Waals surface area contributed by atoms with Crippen LogP contribution >= 0.6 is 23.3 Å². The van der Waals surface area contributed by atoms with Crippen LogP contribution < -0.4 is 16.5 Å². The number of aliphatic carboxylic acids is 2. The zero-order valence-electron chi connectivity index (χ0n) is 27.7. The fraction of sp³-hybridized carbons (Fsp3) is 0.516. The number of hydrogen-bond donors (Lipinski definition) is 6. The summed E-state index contributed by atoms with van der Waals surface area (Å²) in [4.78, 5) is 88.5. The second-order valence-corrected chi connectivity index (χ2v) is 15.8. The number of β-lactam (4-membered cyclic amide) rings is 1. The number of aromatic nitrogens is 3. The summed E-state index contributed by atoms with van der Waals surface area (Å²) in [6.45, 7) is 5.65. The number of carbonyl (C=O) groups excluding carboxylic acids is 3. The number of carbonyl (C=O) groups is 5. The largest absolute Gasteiger partial charge is 0.503 e. The number of carboxylic acid groups (broad SMARTS) is 2. The topological polar surface area (TPSA) is 268 Å². The summed E-state index contributed by atoms with van der Waals surface area (Å²) in [7, 11) is 0. The Morgan fingerprint density at radius 1 is 1.20 bits per heavy atom. The number of pyridine rings is 1. The van der Waals surface area contributed by atoms with Gasteiger partial charge in [-0.2, -0.15) is 9.36 Å². The summed E-state index contributed by atoms with van der Waals surface area (Å²) in [5.74, 6) is -5.34. The van der Waals surface area contributed by atoms with Crippen LogP contribution in [0.25, 0.3) is 0 Å². The Morgan fingerprint density at radius 3 is 2.47 bits per heavy atom. The molecule has 2 aromatic heterocycles. The molecule has 0 spiro atoms. The molecular weight excluding hydrogens is 709 g/mol. The van der Waals surface area contributed by atoms with Crippen LogP contribution in [0.5, 0.6) is 5.75 Å². The molecule has 0 radical (unpaired) electrons. The van der Waals surface area contributed by atoms with Crippen LogP contribution in [-0.2, 0) is 24.0 Å². The molecule has 20 heteroatoms. The average molecular weight is 746 g/mol. The second-order valence-electron chi connectivity index (χ2n) is 13.9. The van der Waals surface area contributed by atoms with Gasteiger partial charge >= 0.3 is 11.9 Å². The van der Waals surface area contributed by atoms with E-state index < -0.39 is 63.3 Å². The molecule has 7 heterocycles. The molecule has 7 N–H and O–H groups in total. The van der Waals surface area contributed by atoms with Gasteiger partial charge < -0.3 is 40.7 Å². The summed E-state index contributed by atoms with van der Waals surface area (Å²) in [5.41, 5.74) is 3.37. The number of ketones is 1. The van der Waals surface area contributed by atoms with Gasteiger partial charge in [0.2, 0.25) is 22.8 Å². The smallest absolute Gasteiger partial charge is 0.352 e. The van der Waals surface area contributed by atoms with E-state index in [2.05, 4.69) is 24.8 Å². The molecule has 2 aromatic rings. The maximum atomic E-state index is 13.5. The van der Waals surface area contributed by atoms with Crippen molar-refractivity contribution in [2.75, 3.05) is 44.2 Å².